The Morgan fingerprint density at radius 2 is 2.10 bits per heavy atom. The zero-order valence-corrected chi connectivity index (χ0v) is 17.3. The molecule has 30 heavy (non-hydrogen) atoms. The molecular weight excluding hydrogens is 383 g/mol. The number of likely N-dealkylation sites (tertiary alicyclic amines) is 1. The maximum Gasteiger partial charge on any atom is 0.192 e. The standard InChI is InChI=1S/C24H27FN2O3/c1-17-26-24-22(7-2-8-23(24)30-17)29-16-18-5-3-13-27(15-18)14-4-6-21(28)19-9-11-20(25)12-10-19/h2,7-12,18H,3-6,13-16H2,1H3. The van der Waals surface area contributed by atoms with Crippen molar-refractivity contribution in [2.75, 3.05) is 26.2 Å². The summed E-state index contributed by atoms with van der Waals surface area (Å²) in [7, 11) is 0. The number of hydrogen-bond donors (Lipinski definition) is 0. The number of fused-ring (bicyclic) bond motifs is 1. The normalized spacial score (nSPS) is 17.3. The van der Waals surface area contributed by atoms with Gasteiger partial charge >= 0.3 is 0 Å². The number of rotatable bonds is 8. The van der Waals surface area contributed by atoms with E-state index in [2.05, 4.69) is 9.88 Å². The molecule has 6 heteroatoms. The van der Waals surface area contributed by atoms with Crippen LogP contribution in [-0.2, 0) is 0 Å². The van der Waals surface area contributed by atoms with Gasteiger partial charge in [0.25, 0.3) is 0 Å². The van der Waals surface area contributed by atoms with Crippen LogP contribution in [0.1, 0.15) is 41.9 Å². The van der Waals surface area contributed by atoms with E-state index in [4.69, 9.17) is 9.15 Å². The molecule has 1 saturated heterocycles. The average molecular weight is 410 g/mol. The summed E-state index contributed by atoms with van der Waals surface area (Å²) in [5.41, 5.74) is 2.11. The number of ketones is 1. The number of halogens is 1. The molecule has 1 aliphatic rings. The van der Waals surface area contributed by atoms with Crippen molar-refractivity contribution in [3.05, 3.63) is 59.7 Å². The summed E-state index contributed by atoms with van der Waals surface area (Å²) in [5, 5.41) is 0. The van der Waals surface area contributed by atoms with Crippen LogP contribution in [0.3, 0.4) is 0 Å². The van der Waals surface area contributed by atoms with E-state index >= 15 is 0 Å². The number of piperidine rings is 1. The summed E-state index contributed by atoms with van der Waals surface area (Å²) in [5.74, 6) is 1.62. The molecule has 0 bridgehead atoms. The minimum Gasteiger partial charge on any atom is -0.491 e. The number of para-hydroxylation sites is 1. The molecule has 2 heterocycles. The van der Waals surface area contributed by atoms with Crippen LogP contribution < -0.4 is 4.74 Å². The zero-order chi connectivity index (χ0) is 20.9. The van der Waals surface area contributed by atoms with Crippen LogP contribution in [0.2, 0.25) is 0 Å². The lowest BCUT2D eigenvalue weighted by molar-refractivity contribution is 0.0961. The molecule has 0 aliphatic carbocycles. The number of aromatic nitrogens is 1. The Morgan fingerprint density at radius 1 is 1.27 bits per heavy atom. The number of ether oxygens (including phenoxy) is 1. The van der Waals surface area contributed by atoms with E-state index in [1.165, 1.54) is 12.1 Å². The molecule has 3 aromatic rings. The first kappa shape index (κ1) is 20.5. The highest BCUT2D eigenvalue weighted by atomic mass is 19.1. The molecule has 0 spiro atoms. The summed E-state index contributed by atoms with van der Waals surface area (Å²) in [6.07, 6.45) is 3.56. The van der Waals surface area contributed by atoms with Gasteiger partial charge in [0, 0.05) is 31.4 Å². The Balaban J connectivity index is 1.24. The average Bonchev–Trinajstić information content (AvgIpc) is 3.14. The van der Waals surface area contributed by atoms with Gasteiger partial charge in [0.2, 0.25) is 0 Å². The van der Waals surface area contributed by atoms with Crippen LogP contribution in [0, 0.1) is 18.7 Å². The van der Waals surface area contributed by atoms with E-state index in [1.807, 2.05) is 25.1 Å². The van der Waals surface area contributed by atoms with Gasteiger partial charge in [-0.2, -0.15) is 0 Å². The fourth-order valence-corrected chi connectivity index (χ4v) is 4.09. The number of Topliss-reactive ketones (excluding diaryl/α,β-unsaturated/α-hetero) is 1. The topological polar surface area (TPSA) is 55.6 Å². The van der Waals surface area contributed by atoms with Gasteiger partial charge in [-0.05, 0) is 68.8 Å². The third kappa shape index (κ3) is 5.05. The van der Waals surface area contributed by atoms with Crippen LogP contribution in [0.4, 0.5) is 4.39 Å². The van der Waals surface area contributed by atoms with Crippen molar-refractivity contribution in [3.8, 4) is 5.75 Å². The van der Waals surface area contributed by atoms with Crippen molar-refractivity contribution in [3.63, 3.8) is 0 Å². The summed E-state index contributed by atoms with van der Waals surface area (Å²) in [4.78, 5) is 19.1. The third-order valence-corrected chi connectivity index (χ3v) is 5.61. The predicted molar refractivity (Wildman–Crippen MR) is 113 cm³/mol. The third-order valence-electron chi connectivity index (χ3n) is 5.61. The molecule has 1 unspecified atom stereocenters. The molecule has 1 aromatic heterocycles. The molecule has 4 rings (SSSR count). The molecule has 1 atom stereocenters. The van der Waals surface area contributed by atoms with Crippen molar-refractivity contribution in [1.29, 1.82) is 0 Å². The van der Waals surface area contributed by atoms with E-state index in [1.54, 1.807) is 12.1 Å². The fraction of sp³-hybridized carbons (Fsp3) is 0.417. The largest absolute Gasteiger partial charge is 0.491 e. The Morgan fingerprint density at radius 3 is 2.93 bits per heavy atom. The number of carbonyl (C=O) groups excluding carboxylic acids is 1. The van der Waals surface area contributed by atoms with Crippen LogP contribution in [0.5, 0.6) is 5.75 Å². The van der Waals surface area contributed by atoms with Gasteiger partial charge < -0.3 is 14.1 Å². The first-order chi connectivity index (χ1) is 14.6. The quantitative estimate of drug-likeness (QED) is 0.488. The highest BCUT2D eigenvalue weighted by molar-refractivity contribution is 5.95. The molecule has 0 radical (unpaired) electrons. The van der Waals surface area contributed by atoms with Crippen molar-refractivity contribution in [2.45, 2.75) is 32.6 Å². The van der Waals surface area contributed by atoms with Crippen molar-refractivity contribution >= 4 is 16.9 Å². The van der Waals surface area contributed by atoms with Gasteiger partial charge in [-0.15, -0.1) is 0 Å². The Labute approximate surface area is 175 Å². The minimum absolute atomic E-state index is 0.0721. The van der Waals surface area contributed by atoms with Gasteiger partial charge in [-0.3, -0.25) is 4.79 Å². The van der Waals surface area contributed by atoms with Crippen LogP contribution in [0.15, 0.2) is 46.9 Å². The fourth-order valence-electron chi connectivity index (χ4n) is 4.09. The molecule has 5 nitrogen and oxygen atoms in total. The van der Waals surface area contributed by atoms with Crippen LogP contribution in [-0.4, -0.2) is 41.9 Å². The monoisotopic (exact) mass is 410 g/mol. The Kier molecular flexibility index (Phi) is 6.43. The molecule has 2 aromatic carbocycles. The van der Waals surface area contributed by atoms with E-state index < -0.39 is 0 Å². The number of carbonyl (C=O) groups is 1. The number of nitrogens with zero attached hydrogens (tertiary/aromatic N) is 2. The van der Waals surface area contributed by atoms with Crippen molar-refractivity contribution in [2.24, 2.45) is 5.92 Å². The molecule has 0 amide bonds. The Hall–Kier alpha value is -2.73. The number of hydrogen-bond acceptors (Lipinski definition) is 5. The highest BCUT2D eigenvalue weighted by Crippen LogP contribution is 2.27. The summed E-state index contributed by atoms with van der Waals surface area (Å²) in [6.45, 7) is 5.40. The molecule has 0 N–H and O–H groups in total. The van der Waals surface area contributed by atoms with Gasteiger partial charge in [0.1, 0.15) is 11.6 Å². The van der Waals surface area contributed by atoms with E-state index in [9.17, 15) is 9.18 Å². The first-order valence-electron chi connectivity index (χ1n) is 10.6. The maximum atomic E-state index is 13.0. The number of aryl methyl sites for hydroxylation is 1. The van der Waals surface area contributed by atoms with E-state index in [0.717, 1.165) is 55.7 Å². The second-order valence-electron chi connectivity index (χ2n) is 7.99. The maximum absolute atomic E-state index is 13.0. The Bertz CT molecular complexity index is 999. The van der Waals surface area contributed by atoms with E-state index in [0.29, 0.717) is 30.4 Å². The summed E-state index contributed by atoms with van der Waals surface area (Å²) < 4.78 is 24.7. The lowest BCUT2D eigenvalue weighted by Crippen LogP contribution is -2.38. The molecule has 1 fully saturated rings. The predicted octanol–water partition coefficient (Wildman–Crippen LogP) is 5.03. The minimum atomic E-state index is -0.317. The smallest absolute Gasteiger partial charge is 0.192 e. The number of oxazole rings is 1. The zero-order valence-electron chi connectivity index (χ0n) is 17.3. The lowest BCUT2D eigenvalue weighted by atomic mass is 9.98. The molecule has 158 valence electrons. The van der Waals surface area contributed by atoms with E-state index in [-0.39, 0.29) is 11.6 Å². The summed E-state index contributed by atoms with van der Waals surface area (Å²) >= 11 is 0. The van der Waals surface area contributed by atoms with Gasteiger partial charge in [0.05, 0.1) is 6.61 Å². The van der Waals surface area contributed by atoms with Crippen LogP contribution in [0.25, 0.3) is 11.1 Å². The second kappa shape index (κ2) is 9.39. The van der Waals surface area contributed by atoms with Crippen molar-refractivity contribution in [1.82, 2.24) is 9.88 Å². The van der Waals surface area contributed by atoms with Crippen LogP contribution >= 0.6 is 0 Å². The second-order valence-corrected chi connectivity index (χ2v) is 7.99. The van der Waals surface area contributed by atoms with Gasteiger partial charge in [0.15, 0.2) is 22.8 Å². The molecule has 0 saturated carbocycles. The van der Waals surface area contributed by atoms with Gasteiger partial charge in [-0.1, -0.05) is 6.07 Å². The molecule has 1 aliphatic heterocycles. The number of benzene rings is 2. The first-order valence-corrected chi connectivity index (χ1v) is 10.6. The highest BCUT2D eigenvalue weighted by Gasteiger charge is 2.21. The lowest BCUT2D eigenvalue weighted by Gasteiger charge is -2.32. The van der Waals surface area contributed by atoms with Crippen molar-refractivity contribution < 1.29 is 18.3 Å². The molecular formula is C24H27FN2O3. The summed E-state index contributed by atoms with van der Waals surface area (Å²) in [6, 6.07) is 11.6. The van der Waals surface area contributed by atoms with Gasteiger partial charge in [-0.25, -0.2) is 9.37 Å². The SMILES string of the molecule is Cc1nc2c(OCC3CCCN(CCCC(=O)c4ccc(F)cc4)C3)cccc2o1.